The number of amides is 2. The van der Waals surface area contributed by atoms with Crippen LogP contribution in [0.25, 0.3) is 5.57 Å². The van der Waals surface area contributed by atoms with E-state index in [1.54, 1.807) is 24.3 Å². The molecule has 0 bridgehead atoms. The number of rotatable bonds is 6. The quantitative estimate of drug-likeness (QED) is 0.699. The number of benzene rings is 1. The van der Waals surface area contributed by atoms with Crippen LogP contribution in [-0.2, 0) is 14.3 Å². The Morgan fingerprint density at radius 2 is 1.79 bits per heavy atom. The molecular formula is C21H26ClN3O4. The van der Waals surface area contributed by atoms with Crippen LogP contribution >= 0.6 is 11.6 Å². The Morgan fingerprint density at radius 1 is 1.07 bits per heavy atom. The van der Waals surface area contributed by atoms with E-state index in [1.807, 2.05) is 4.90 Å². The molecule has 0 radical (unpaired) electrons. The molecule has 0 saturated carbocycles. The smallest absolute Gasteiger partial charge is 0.277 e. The third-order valence-electron chi connectivity index (χ3n) is 5.79. The number of piperazine rings is 1. The third-order valence-corrected chi connectivity index (χ3v) is 6.04. The van der Waals surface area contributed by atoms with Crippen LogP contribution in [0.1, 0.15) is 18.4 Å². The van der Waals surface area contributed by atoms with Gasteiger partial charge in [-0.2, -0.15) is 0 Å². The fourth-order valence-corrected chi connectivity index (χ4v) is 4.35. The summed E-state index contributed by atoms with van der Waals surface area (Å²) in [5.41, 5.74) is 1.62. The predicted octanol–water partition coefficient (Wildman–Crippen LogP) is 1.21. The molecule has 2 amide bonds. The average Bonchev–Trinajstić information content (AvgIpc) is 3.32. The van der Waals surface area contributed by atoms with Crippen LogP contribution < -0.4 is 0 Å². The maximum atomic E-state index is 13.3. The molecule has 1 aromatic rings. The van der Waals surface area contributed by atoms with Gasteiger partial charge in [0.15, 0.2) is 0 Å². The summed E-state index contributed by atoms with van der Waals surface area (Å²) < 4.78 is 5.66. The van der Waals surface area contributed by atoms with Gasteiger partial charge in [0, 0.05) is 44.4 Å². The Kier molecular flexibility index (Phi) is 6.20. The van der Waals surface area contributed by atoms with E-state index < -0.39 is 0 Å². The first-order valence-corrected chi connectivity index (χ1v) is 10.5. The Hall–Kier alpha value is -1.93. The van der Waals surface area contributed by atoms with Crippen molar-refractivity contribution in [3.8, 4) is 0 Å². The van der Waals surface area contributed by atoms with E-state index in [2.05, 4.69) is 4.90 Å². The van der Waals surface area contributed by atoms with Crippen LogP contribution in [-0.4, -0.2) is 90.2 Å². The van der Waals surface area contributed by atoms with Crippen molar-refractivity contribution in [1.29, 1.82) is 0 Å². The number of nitrogens with zero attached hydrogens (tertiary/aromatic N) is 3. The second-order valence-electron chi connectivity index (χ2n) is 7.64. The van der Waals surface area contributed by atoms with Crippen molar-refractivity contribution in [1.82, 2.24) is 14.7 Å². The normalized spacial score (nSPS) is 23.6. The zero-order chi connectivity index (χ0) is 20.4. The summed E-state index contributed by atoms with van der Waals surface area (Å²) in [7, 11) is 0. The van der Waals surface area contributed by atoms with Crippen LogP contribution in [0.15, 0.2) is 30.0 Å². The molecule has 3 heterocycles. The first kappa shape index (κ1) is 20.3. The number of halogens is 1. The summed E-state index contributed by atoms with van der Waals surface area (Å²) in [4.78, 5) is 32.1. The van der Waals surface area contributed by atoms with Crippen molar-refractivity contribution in [2.45, 2.75) is 18.9 Å². The molecule has 0 aromatic heterocycles. The molecule has 2 saturated heterocycles. The highest BCUT2D eigenvalue weighted by atomic mass is 35.5. The fourth-order valence-electron chi connectivity index (χ4n) is 4.23. The molecule has 1 aromatic carbocycles. The van der Waals surface area contributed by atoms with Crippen LogP contribution in [0, 0.1) is 0 Å². The second kappa shape index (κ2) is 8.83. The third kappa shape index (κ3) is 4.19. The lowest BCUT2D eigenvalue weighted by atomic mass is 10.0. The number of imide groups is 1. The molecule has 3 aliphatic rings. The zero-order valence-corrected chi connectivity index (χ0v) is 17.1. The minimum Gasteiger partial charge on any atom is -0.395 e. The number of β-amino-alcohol motifs (C(OH)–C–C–N with tert-alkyl or cyclic N) is 1. The van der Waals surface area contributed by atoms with Gasteiger partial charge in [0.1, 0.15) is 5.70 Å². The molecular weight excluding hydrogens is 394 g/mol. The van der Waals surface area contributed by atoms with E-state index in [0.29, 0.717) is 54.6 Å². The second-order valence-corrected chi connectivity index (χ2v) is 8.08. The molecule has 2 fully saturated rings. The van der Waals surface area contributed by atoms with Gasteiger partial charge in [0.25, 0.3) is 11.8 Å². The van der Waals surface area contributed by atoms with Crippen LogP contribution in [0.4, 0.5) is 0 Å². The SMILES string of the molecule is O=C1C(c2ccc(Cl)cc2)=C(N2CCN(CCO)CC2)C(=O)N1CC1CCCO1. The molecule has 0 aliphatic carbocycles. The lowest BCUT2D eigenvalue weighted by molar-refractivity contribution is -0.139. The Labute approximate surface area is 175 Å². The van der Waals surface area contributed by atoms with E-state index in [9.17, 15) is 9.59 Å². The number of hydrogen-bond donors (Lipinski definition) is 1. The van der Waals surface area contributed by atoms with Gasteiger partial charge < -0.3 is 14.7 Å². The number of carbonyl (C=O) groups is 2. The highest BCUT2D eigenvalue weighted by molar-refractivity contribution is 6.36. The molecule has 1 unspecified atom stereocenters. The molecule has 0 spiro atoms. The van der Waals surface area contributed by atoms with Crippen molar-refractivity contribution in [3.05, 3.63) is 40.5 Å². The number of aliphatic hydroxyl groups is 1. The highest BCUT2D eigenvalue weighted by Gasteiger charge is 2.43. The Morgan fingerprint density at radius 3 is 2.41 bits per heavy atom. The van der Waals surface area contributed by atoms with Crippen molar-refractivity contribution >= 4 is 29.0 Å². The minimum atomic E-state index is -0.263. The van der Waals surface area contributed by atoms with Gasteiger partial charge in [0.05, 0.1) is 24.8 Å². The fraction of sp³-hybridized carbons (Fsp3) is 0.524. The summed E-state index contributed by atoms with van der Waals surface area (Å²) in [6.45, 7) is 4.47. The highest BCUT2D eigenvalue weighted by Crippen LogP contribution is 2.33. The molecule has 7 nitrogen and oxygen atoms in total. The van der Waals surface area contributed by atoms with Gasteiger partial charge >= 0.3 is 0 Å². The molecule has 4 rings (SSSR count). The van der Waals surface area contributed by atoms with Crippen molar-refractivity contribution in [2.24, 2.45) is 0 Å². The van der Waals surface area contributed by atoms with Gasteiger partial charge in [-0.05, 0) is 30.5 Å². The molecule has 1 N–H and O–H groups in total. The van der Waals surface area contributed by atoms with Crippen molar-refractivity contribution in [2.75, 3.05) is 52.5 Å². The van der Waals surface area contributed by atoms with Crippen molar-refractivity contribution < 1.29 is 19.4 Å². The van der Waals surface area contributed by atoms with E-state index in [0.717, 1.165) is 25.9 Å². The van der Waals surface area contributed by atoms with Gasteiger partial charge in [-0.15, -0.1) is 0 Å². The summed E-state index contributed by atoms with van der Waals surface area (Å²) in [5.74, 6) is -0.508. The average molecular weight is 420 g/mol. The topological polar surface area (TPSA) is 73.3 Å². The molecule has 1 atom stereocenters. The summed E-state index contributed by atoms with van der Waals surface area (Å²) in [6, 6.07) is 7.06. The summed E-state index contributed by atoms with van der Waals surface area (Å²) in [5, 5.41) is 9.75. The van der Waals surface area contributed by atoms with Crippen LogP contribution in [0.5, 0.6) is 0 Å². The van der Waals surface area contributed by atoms with Crippen LogP contribution in [0.3, 0.4) is 0 Å². The molecule has 156 valence electrons. The Bertz CT molecular complexity index is 797. The summed E-state index contributed by atoms with van der Waals surface area (Å²) in [6.07, 6.45) is 1.73. The van der Waals surface area contributed by atoms with Gasteiger partial charge in [0.2, 0.25) is 0 Å². The molecule has 3 aliphatic heterocycles. The van der Waals surface area contributed by atoms with Crippen molar-refractivity contribution in [3.63, 3.8) is 0 Å². The van der Waals surface area contributed by atoms with Gasteiger partial charge in [-0.3, -0.25) is 19.4 Å². The van der Waals surface area contributed by atoms with Gasteiger partial charge in [-0.1, -0.05) is 23.7 Å². The number of carbonyl (C=O) groups excluding carboxylic acids is 2. The Balaban J connectivity index is 1.63. The predicted molar refractivity (Wildman–Crippen MR) is 109 cm³/mol. The number of hydrogen-bond acceptors (Lipinski definition) is 6. The zero-order valence-electron chi connectivity index (χ0n) is 16.3. The van der Waals surface area contributed by atoms with E-state index >= 15 is 0 Å². The van der Waals surface area contributed by atoms with E-state index in [-0.39, 0.29) is 24.5 Å². The minimum absolute atomic E-state index is 0.0879. The van der Waals surface area contributed by atoms with Gasteiger partial charge in [-0.25, -0.2) is 0 Å². The van der Waals surface area contributed by atoms with E-state index in [1.165, 1.54) is 4.90 Å². The first-order valence-electron chi connectivity index (χ1n) is 10.1. The lowest BCUT2D eigenvalue weighted by Crippen LogP contribution is -2.48. The van der Waals surface area contributed by atoms with Crippen LogP contribution in [0.2, 0.25) is 5.02 Å². The number of aliphatic hydroxyl groups excluding tert-OH is 1. The molecule has 8 heteroatoms. The monoisotopic (exact) mass is 419 g/mol. The molecule has 29 heavy (non-hydrogen) atoms. The first-order chi connectivity index (χ1) is 14.1. The maximum Gasteiger partial charge on any atom is 0.277 e. The van der Waals surface area contributed by atoms with E-state index in [4.69, 9.17) is 21.4 Å². The largest absolute Gasteiger partial charge is 0.395 e. The lowest BCUT2D eigenvalue weighted by Gasteiger charge is -2.36. The standard InChI is InChI=1S/C21H26ClN3O4/c22-16-5-3-15(4-6-16)18-19(24-9-7-23(8-10-24)11-12-26)21(28)25(20(18)27)14-17-2-1-13-29-17/h3-6,17,26H,1-2,7-14H2. The maximum absolute atomic E-state index is 13.3. The summed E-state index contributed by atoms with van der Waals surface area (Å²) >= 11 is 6.03. The number of ether oxygens (including phenoxy) is 1.